The van der Waals surface area contributed by atoms with Crippen LogP contribution in [-0.4, -0.2) is 13.0 Å². The fourth-order valence-corrected chi connectivity index (χ4v) is 2.53. The first-order chi connectivity index (χ1) is 10.7. The quantitative estimate of drug-likeness (QED) is 0.745. The standard InChI is InChI=1S/C18H17N3O/c1-20-18(22)13-8-5-9-14(19)17(13)16-11-4-7-12-6-2-3-10-15(12)21-16/h2-11,21H,19H2,1H3,(H,20,22). The fraction of sp³-hybridized carbons (Fsp3) is 0.0556. The summed E-state index contributed by atoms with van der Waals surface area (Å²) < 4.78 is 0. The third-order valence-electron chi connectivity index (χ3n) is 3.61. The van der Waals surface area contributed by atoms with Gasteiger partial charge in [0.2, 0.25) is 0 Å². The fourth-order valence-electron chi connectivity index (χ4n) is 2.53. The van der Waals surface area contributed by atoms with Crippen LogP contribution in [0.1, 0.15) is 21.5 Å². The first-order valence-corrected chi connectivity index (χ1v) is 7.06. The van der Waals surface area contributed by atoms with E-state index in [2.05, 4.69) is 10.6 Å². The summed E-state index contributed by atoms with van der Waals surface area (Å²) in [6, 6.07) is 13.3. The zero-order chi connectivity index (χ0) is 15.5. The van der Waals surface area contributed by atoms with Crippen molar-refractivity contribution in [3.63, 3.8) is 0 Å². The number of amides is 1. The Morgan fingerprint density at radius 2 is 1.95 bits per heavy atom. The van der Waals surface area contributed by atoms with Gasteiger partial charge in [0.25, 0.3) is 5.91 Å². The molecular formula is C18H17N3O. The van der Waals surface area contributed by atoms with Crippen molar-refractivity contribution in [2.75, 3.05) is 18.1 Å². The molecule has 0 bridgehead atoms. The van der Waals surface area contributed by atoms with E-state index in [1.54, 1.807) is 25.2 Å². The van der Waals surface area contributed by atoms with Gasteiger partial charge in [0.05, 0.1) is 5.56 Å². The lowest BCUT2D eigenvalue weighted by atomic mass is 10.0. The van der Waals surface area contributed by atoms with E-state index in [0.29, 0.717) is 16.8 Å². The van der Waals surface area contributed by atoms with Crippen LogP contribution in [0.5, 0.6) is 0 Å². The minimum atomic E-state index is -0.161. The zero-order valence-electron chi connectivity index (χ0n) is 12.3. The summed E-state index contributed by atoms with van der Waals surface area (Å²) in [5.74, 6) is -0.161. The zero-order valence-corrected chi connectivity index (χ0v) is 12.3. The normalized spacial score (nSPS) is 12.7. The van der Waals surface area contributed by atoms with Gasteiger partial charge in [-0.15, -0.1) is 0 Å². The predicted octanol–water partition coefficient (Wildman–Crippen LogP) is 3.11. The van der Waals surface area contributed by atoms with Gasteiger partial charge in [0.15, 0.2) is 0 Å². The number of para-hydroxylation sites is 1. The van der Waals surface area contributed by atoms with E-state index in [9.17, 15) is 4.79 Å². The number of nitrogens with two attached hydrogens (primary N) is 1. The molecule has 3 rings (SSSR count). The Hall–Kier alpha value is -3.01. The number of allylic oxidation sites excluding steroid dienone is 2. The van der Waals surface area contributed by atoms with Crippen LogP contribution in [0, 0.1) is 0 Å². The second kappa shape index (κ2) is 5.77. The van der Waals surface area contributed by atoms with Crippen LogP contribution in [0.2, 0.25) is 0 Å². The van der Waals surface area contributed by atoms with Crippen LogP contribution >= 0.6 is 0 Å². The van der Waals surface area contributed by atoms with Gasteiger partial charge in [-0.05, 0) is 29.8 Å². The number of rotatable bonds is 2. The van der Waals surface area contributed by atoms with Crippen LogP contribution in [-0.2, 0) is 0 Å². The second-order valence-electron chi connectivity index (χ2n) is 5.00. The number of nitrogen functional groups attached to an aromatic ring is 1. The molecule has 0 aliphatic carbocycles. The molecule has 0 atom stereocenters. The molecule has 0 spiro atoms. The van der Waals surface area contributed by atoms with Crippen molar-refractivity contribution in [3.8, 4) is 0 Å². The van der Waals surface area contributed by atoms with Crippen molar-refractivity contribution in [2.45, 2.75) is 0 Å². The van der Waals surface area contributed by atoms with Gasteiger partial charge >= 0.3 is 0 Å². The number of hydrogen-bond acceptors (Lipinski definition) is 3. The van der Waals surface area contributed by atoms with Crippen molar-refractivity contribution >= 4 is 29.1 Å². The van der Waals surface area contributed by atoms with Crippen LogP contribution < -0.4 is 16.4 Å². The second-order valence-corrected chi connectivity index (χ2v) is 5.00. The number of nitrogens with one attached hydrogen (secondary N) is 2. The minimum Gasteiger partial charge on any atom is -0.398 e. The highest BCUT2D eigenvalue weighted by Gasteiger charge is 2.17. The first-order valence-electron chi connectivity index (χ1n) is 7.06. The van der Waals surface area contributed by atoms with Gasteiger partial charge in [-0.1, -0.05) is 36.4 Å². The van der Waals surface area contributed by atoms with Crippen molar-refractivity contribution < 1.29 is 4.79 Å². The number of carbonyl (C=O) groups excluding carboxylic acids is 1. The number of benzene rings is 2. The van der Waals surface area contributed by atoms with Crippen molar-refractivity contribution in [1.29, 1.82) is 0 Å². The summed E-state index contributed by atoms with van der Waals surface area (Å²) >= 11 is 0. The summed E-state index contributed by atoms with van der Waals surface area (Å²) in [7, 11) is 1.61. The number of carbonyl (C=O) groups is 1. The Labute approximate surface area is 129 Å². The molecule has 0 aromatic heterocycles. The van der Waals surface area contributed by atoms with Crippen LogP contribution in [0.3, 0.4) is 0 Å². The van der Waals surface area contributed by atoms with Crippen molar-refractivity contribution in [3.05, 3.63) is 71.3 Å². The third-order valence-corrected chi connectivity index (χ3v) is 3.61. The lowest BCUT2D eigenvalue weighted by molar-refractivity contribution is 0.0963. The molecule has 1 aliphatic heterocycles. The molecule has 4 nitrogen and oxygen atoms in total. The van der Waals surface area contributed by atoms with Crippen LogP contribution in [0.25, 0.3) is 11.8 Å². The maximum atomic E-state index is 12.1. The highest BCUT2D eigenvalue weighted by atomic mass is 16.1. The Morgan fingerprint density at radius 1 is 1.14 bits per heavy atom. The highest BCUT2D eigenvalue weighted by molar-refractivity contribution is 6.03. The van der Waals surface area contributed by atoms with Gasteiger partial charge in [-0.3, -0.25) is 4.79 Å². The summed E-state index contributed by atoms with van der Waals surface area (Å²) in [4.78, 5) is 12.1. The molecule has 0 radical (unpaired) electrons. The highest BCUT2D eigenvalue weighted by Crippen LogP contribution is 2.31. The number of fused-ring (bicyclic) bond motifs is 1. The van der Waals surface area contributed by atoms with Crippen molar-refractivity contribution in [2.24, 2.45) is 0 Å². The lowest BCUT2D eigenvalue weighted by Crippen LogP contribution is -2.21. The van der Waals surface area contributed by atoms with Gasteiger partial charge in [0, 0.05) is 29.7 Å². The maximum Gasteiger partial charge on any atom is 0.251 e. The van der Waals surface area contributed by atoms with Crippen LogP contribution in [0.15, 0.2) is 54.6 Å². The summed E-state index contributed by atoms with van der Waals surface area (Å²) in [5, 5.41) is 6.03. The summed E-state index contributed by atoms with van der Waals surface area (Å²) in [6.07, 6.45) is 5.90. The molecule has 1 heterocycles. The maximum absolute atomic E-state index is 12.1. The van der Waals surface area contributed by atoms with E-state index in [1.165, 1.54) is 0 Å². The molecular weight excluding hydrogens is 274 g/mol. The van der Waals surface area contributed by atoms with E-state index >= 15 is 0 Å². The van der Waals surface area contributed by atoms with Gasteiger partial charge in [0.1, 0.15) is 0 Å². The van der Waals surface area contributed by atoms with E-state index in [-0.39, 0.29) is 5.91 Å². The SMILES string of the molecule is CNC(=O)c1cccc(N)c1C1=CC=Cc2ccccc2N1. The Bertz CT molecular complexity index is 791. The molecule has 0 saturated heterocycles. The average molecular weight is 291 g/mol. The Kier molecular flexibility index (Phi) is 3.66. The molecule has 22 heavy (non-hydrogen) atoms. The van der Waals surface area contributed by atoms with E-state index in [1.807, 2.05) is 42.5 Å². The van der Waals surface area contributed by atoms with E-state index < -0.39 is 0 Å². The predicted molar refractivity (Wildman–Crippen MR) is 91.3 cm³/mol. The summed E-state index contributed by atoms with van der Waals surface area (Å²) in [6.45, 7) is 0. The molecule has 4 N–H and O–H groups in total. The minimum absolute atomic E-state index is 0.161. The van der Waals surface area contributed by atoms with Crippen molar-refractivity contribution in [1.82, 2.24) is 5.32 Å². The topological polar surface area (TPSA) is 67.2 Å². The van der Waals surface area contributed by atoms with Crippen LogP contribution in [0.4, 0.5) is 11.4 Å². The molecule has 0 fully saturated rings. The molecule has 0 unspecified atom stereocenters. The molecule has 1 aliphatic rings. The summed E-state index contributed by atoms with van der Waals surface area (Å²) in [5.41, 5.74) is 10.8. The lowest BCUT2D eigenvalue weighted by Gasteiger charge is -2.16. The molecule has 1 amide bonds. The Balaban J connectivity index is 2.11. The largest absolute Gasteiger partial charge is 0.398 e. The average Bonchev–Trinajstić information content (AvgIpc) is 2.75. The molecule has 2 aromatic rings. The first kappa shape index (κ1) is 13.9. The van der Waals surface area contributed by atoms with E-state index in [0.717, 1.165) is 16.9 Å². The van der Waals surface area contributed by atoms with Gasteiger partial charge < -0.3 is 16.4 Å². The molecule has 4 heteroatoms. The van der Waals surface area contributed by atoms with Gasteiger partial charge in [-0.25, -0.2) is 0 Å². The molecule has 2 aromatic carbocycles. The third kappa shape index (κ3) is 2.46. The Morgan fingerprint density at radius 3 is 2.77 bits per heavy atom. The smallest absolute Gasteiger partial charge is 0.251 e. The number of hydrogen-bond donors (Lipinski definition) is 3. The molecule has 0 saturated carbocycles. The van der Waals surface area contributed by atoms with Gasteiger partial charge in [-0.2, -0.15) is 0 Å². The monoisotopic (exact) mass is 291 g/mol. The molecule has 110 valence electrons. The van der Waals surface area contributed by atoms with E-state index in [4.69, 9.17) is 5.73 Å². The number of anilines is 2.